The fourth-order valence-electron chi connectivity index (χ4n) is 1.91. The van der Waals surface area contributed by atoms with Crippen molar-refractivity contribution in [2.24, 2.45) is 5.73 Å². The van der Waals surface area contributed by atoms with E-state index in [1.807, 2.05) is 36.4 Å². The minimum atomic E-state index is -3.13. The second kappa shape index (κ2) is 6.64. The normalized spacial score (nSPS) is 13.1. The van der Waals surface area contributed by atoms with E-state index in [1.54, 1.807) is 23.9 Å². The topological polar surface area (TPSA) is 60.2 Å². The van der Waals surface area contributed by atoms with Crippen molar-refractivity contribution in [2.45, 2.75) is 34.1 Å². The van der Waals surface area contributed by atoms with Gasteiger partial charge in [0.15, 0.2) is 9.84 Å². The van der Waals surface area contributed by atoms with Crippen LogP contribution in [-0.4, -0.2) is 14.7 Å². The zero-order valence-corrected chi connectivity index (χ0v) is 13.7. The summed E-state index contributed by atoms with van der Waals surface area (Å²) in [5.41, 5.74) is 7.12. The molecule has 5 heteroatoms. The number of sulfone groups is 1. The molecule has 0 fully saturated rings. The van der Waals surface area contributed by atoms with Crippen LogP contribution in [0.5, 0.6) is 0 Å². The molecule has 0 aliphatic heterocycles. The second-order valence-corrected chi connectivity index (χ2v) is 8.09. The van der Waals surface area contributed by atoms with E-state index in [2.05, 4.69) is 6.92 Å². The summed E-state index contributed by atoms with van der Waals surface area (Å²) in [4.78, 5) is 2.46. The fraction of sp³-hybridized carbons (Fsp3) is 0.250. The van der Waals surface area contributed by atoms with Gasteiger partial charge in [-0.1, -0.05) is 30.8 Å². The molecule has 2 aromatic rings. The third-order valence-corrected chi connectivity index (χ3v) is 5.38. The number of hydrogen-bond acceptors (Lipinski definition) is 4. The number of nitrogens with two attached hydrogens (primary N) is 1. The predicted octanol–water partition coefficient (Wildman–Crippen LogP) is 3.65. The first-order chi connectivity index (χ1) is 9.90. The average molecular weight is 321 g/mol. The Labute approximate surface area is 130 Å². The van der Waals surface area contributed by atoms with E-state index in [0.717, 1.165) is 21.8 Å². The molecule has 0 saturated heterocycles. The first-order valence-corrected chi connectivity index (χ1v) is 9.44. The Bertz CT molecular complexity index is 692. The van der Waals surface area contributed by atoms with E-state index in [-0.39, 0.29) is 6.04 Å². The minimum Gasteiger partial charge on any atom is -0.324 e. The van der Waals surface area contributed by atoms with Gasteiger partial charge in [-0.25, -0.2) is 8.42 Å². The highest BCUT2D eigenvalue weighted by atomic mass is 32.2. The number of benzene rings is 2. The third kappa shape index (κ3) is 4.33. The Kier molecular flexibility index (Phi) is 5.08. The quantitative estimate of drug-likeness (QED) is 0.913. The Morgan fingerprint density at radius 2 is 1.48 bits per heavy atom. The van der Waals surface area contributed by atoms with Crippen LogP contribution in [0.1, 0.15) is 24.9 Å². The van der Waals surface area contributed by atoms with Crippen LogP contribution in [0.3, 0.4) is 0 Å². The van der Waals surface area contributed by atoms with Gasteiger partial charge >= 0.3 is 0 Å². The van der Waals surface area contributed by atoms with Gasteiger partial charge in [0, 0.05) is 22.1 Å². The zero-order chi connectivity index (χ0) is 15.5. The van der Waals surface area contributed by atoms with Gasteiger partial charge < -0.3 is 5.73 Å². The molecular weight excluding hydrogens is 302 g/mol. The summed E-state index contributed by atoms with van der Waals surface area (Å²) in [7, 11) is -3.13. The van der Waals surface area contributed by atoms with E-state index < -0.39 is 9.84 Å². The highest BCUT2D eigenvalue weighted by Gasteiger charge is 2.07. The molecular formula is C16H19NO2S2. The fourth-order valence-corrected chi connectivity index (χ4v) is 3.36. The Morgan fingerprint density at radius 1 is 1.00 bits per heavy atom. The van der Waals surface area contributed by atoms with Crippen molar-refractivity contribution in [3.8, 4) is 0 Å². The van der Waals surface area contributed by atoms with Crippen molar-refractivity contribution in [3.63, 3.8) is 0 Å². The standard InChI is InChI=1S/C16H19NO2S2/c1-3-16(17)12-4-6-13(7-5-12)20-14-8-10-15(11-9-14)21(2,18)19/h4-11,16H,3,17H2,1-2H3/t16-/m1/s1. The maximum atomic E-state index is 11.4. The van der Waals surface area contributed by atoms with E-state index in [9.17, 15) is 8.42 Å². The second-order valence-electron chi connectivity index (χ2n) is 4.93. The van der Waals surface area contributed by atoms with Crippen LogP contribution < -0.4 is 5.73 Å². The molecule has 0 bridgehead atoms. The Balaban J connectivity index is 2.11. The van der Waals surface area contributed by atoms with Gasteiger partial charge in [-0.3, -0.25) is 0 Å². The van der Waals surface area contributed by atoms with E-state index in [1.165, 1.54) is 6.26 Å². The molecule has 0 aromatic heterocycles. The summed E-state index contributed by atoms with van der Waals surface area (Å²) in [5.74, 6) is 0. The predicted molar refractivity (Wildman–Crippen MR) is 87.3 cm³/mol. The summed E-state index contributed by atoms with van der Waals surface area (Å²) in [6.45, 7) is 2.07. The molecule has 0 aliphatic carbocycles. The molecule has 0 amide bonds. The van der Waals surface area contributed by atoms with Crippen LogP contribution in [0, 0.1) is 0 Å². The average Bonchev–Trinajstić information content (AvgIpc) is 2.47. The van der Waals surface area contributed by atoms with Crippen LogP contribution in [-0.2, 0) is 9.84 Å². The molecule has 21 heavy (non-hydrogen) atoms. The van der Waals surface area contributed by atoms with Crippen molar-refractivity contribution in [2.75, 3.05) is 6.26 Å². The lowest BCUT2D eigenvalue weighted by Gasteiger charge is -2.09. The smallest absolute Gasteiger partial charge is 0.175 e. The van der Waals surface area contributed by atoms with Gasteiger partial charge in [0.25, 0.3) is 0 Å². The van der Waals surface area contributed by atoms with Crippen molar-refractivity contribution in [3.05, 3.63) is 54.1 Å². The van der Waals surface area contributed by atoms with Gasteiger partial charge in [0.1, 0.15) is 0 Å². The lowest BCUT2D eigenvalue weighted by molar-refractivity contribution is 0.602. The summed E-state index contributed by atoms with van der Waals surface area (Å²) >= 11 is 1.60. The van der Waals surface area contributed by atoms with Crippen LogP contribution in [0.15, 0.2) is 63.2 Å². The van der Waals surface area contributed by atoms with Gasteiger partial charge in [0.2, 0.25) is 0 Å². The van der Waals surface area contributed by atoms with Crippen LogP contribution in [0.2, 0.25) is 0 Å². The SMILES string of the molecule is CC[C@@H](N)c1ccc(Sc2ccc(S(C)(=O)=O)cc2)cc1. The molecule has 0 spiro atoms. The molecule has 0 unspecified atom stereocenters. The molecule has 0 saturated carbocycles. The molecule has 0 aliphatic rings. The lowest BCUT2D eigenvalue weighted by Crippen LogP contribution is -2.07. The molecule has 2 rings (SSSR count). The maximum absolute atomic E-state index is 11.4. The van der Waals surface area contributed by atoms with E-state index >= 15 is 0 Å². The minimum absolute atomic E-state index is 0.0816. The summed E-state index contributed by atoms with van der Waals surface area (Å²) in [6, 6.07) is 15.2. The number of hydrogen-bond donors (Lipinski definition) is 1. The van der Waals surface area contributed by atoms with Gasteiger partial charge in [-0.15, -0.1) is 0 Å². The summed E-state index contributed by atoms with van der Waals surface area (Å²) in [5, 5.41) is 0. The molecule has 0 radical (unpaired) electrons. The van der Waals surface area contributed by atoms with Crippen LogP contribution >= 0.6 is 11.8 Å². The summed E-state index contributed by atoms with van der Waals surface area (Å²) in [6.07, 6.45) is 2.13. The zero-order valence-electron chi connectivity index (χ0n) is 12.1. The molecule has 112 valence electrons. The van der Waals surface area contributed by atoms with Gasteiger partial charge in [0.05, 0.1) is 4.90 Å². The van der Waals surface area contributed by atoms with Crippen LogP contribution in [0.4, 0.5) is 0 Å². The van der Waals surface area contributed by atoms with Gasteiger partial charge in [-0.2, -0.15) is 0 Å². The highest BCUT2D eigenvalue weighted by Crippen LogP contribution is 2.29. The lowest BCUT2D eigenvalue weighted by atomic mass is 10.1. The van der Waals surface area contributed by atoms with E-state index in [4.69, 9.17) is 5.73 Å². The third-order valence-electron chi connectivity index (χ3n) is 3.24. The molecule has 2 N–H and O–H groups in total. The molecule has 1 atom stereocenters. The molecule has 0 heterocycles. The van der Waals surface area contributed by atoms with Crippen molar-refractivity contribution >= 4 is 21.6 Å². The number of rotatable bonds is 5. The first-order valence-electron chi connectivity index (χ1n) is 6.73. The Morgan fingerprint density at radius 3 is 1.90 bits per heavy atom. The molecule has 2 aromatic carbocycles. The van der Waals surface area contributed by atoms with E-state index in [0.29, 0.717) is 4.90 Å². The van der Waals surface area contributed by atoms with Crippen LogP contribution in [0.25, 0.3) is 0 Å². The molecule has 3 nitrogen and oxygen atoms in total. The maximum Gasteiger partial charge on any atom is 0.175 e. The van der Waals surface area contributed by atoms with Crippen molar-refractivity contribution in [1.29, 1.82) is 0 Å². The Hall–Kier alpha value is -1.30. The van der Waals surface area contributed by atoms with Crippen molar-refractivity contribution in [1.82, 2.24) is 0 Å². The van der Waals surface area contributed by atoms with Crippen molar-refractivity contribution < 1.29 is 8.42 Å². The van der Waals surface area contributed by atoms with Gasteiger partial charge in [-0.05, 0) is 48.4 Å². The largest absolute Gasteiger partial charge is 0.324 e. The monoisotopic (exact) mass is 321 g/mol. The first kappa shape index (κ1) is 16.1. The highest BCUT2D eigenvalue weighted by molar-refractivity contribution is 7.99. The summed E-state index contributed by atoms with van der Waals surface area (Å²) < 4.78 is 22.8.